The third-order valence-electron chi connectivity index (χ3n) is 5.13. The topological polar surface area (TPSA) is 71.7 Å². The molecule has 0 bridgehead atoms. The maximum absolute atomic E-state index is 12.7. The Morgan fingerprint density at radius 3 is 2.36 bits per heavy atom. The standard InChI is InChI=1S/C20H25NO4/c1-13-3-5-16(6-4-13)17-11-21(12-18(19(17)22)20(23)24)14(2)15-7-9-25-10-8-15/h3-6,11-12,14-15,20,23-24H,7-10H2,1-2H3/t14-/m0/s1. The van der Waals surface area contributed by atoms with Gasteiger partial charge in [-0.3, -0.25) is 4.79 Å². The summed E-state index contributed by atoms with van der Waals surface area (Å²) < 4.78 is 7.38. The zero-order valence-corrected chi connectivity index (χ0v) is 14.7. The molecule has 0 saturated carbocycles. The van der Waals surface area contributed by atoms with E-state index >= 15 is 0 Å². The van der Waals surface area contributed by atoms with E-state index in [0.29, 0.717) is 11.5 Å². The van der Waals surface area contributed by atoms with E-state index in [1.807, 2.05) is 42.0 Å². The summed E-state index contributed by atoms with van der Waals surface area (Å²) in [5.41, 5.74) is 2.06. The maximum atomic E-state index is 12.7. The largest absolute Gasteiger partial charge is 0.381 e. The molecule has 1 aliphatic rings. The summed E-state index contributed by atoms with van der Waals surface area (Å²) in [5, 5.41) is 19.3. The molecular weight excluding hydrogens is 318 g/mol. The van der Waals surface area contributed by atoms with E-state index in [9.17, 15) is 15.0 Å². The molecule has 0 radical (unpaired) electrons. The predicted octanol–water partition coefficient (Wildman–Crippen LogP) is 2.79. The van der Waals surface area contributed by atoms with Crippen LogP contribution in [-0.2, 0) is 4.74 Å². The number of benzene rings is 1. The van der Waals surface area contributed by atoms with E-state index in [1.54, 1.807) is 6.20 Å². The van der Waals surface area contributed by atoms with Crippen molar-refractivity contribution in [3.63, 3.8) is 0 Å². The normalized spacial score (nSPS) is 17.0. The first kappa shape index (κ1) is 17.9. The number of aromatic nitrogens is 1. The van der Waals surface area contributed by atoms with Crippen molar-refractivity contribution in [2.24, 2.45) is 5.92 Å². The number of hydrogen-bond acceptors (Lipinski definition) is 4. The summed E-state index contributed by atoms with van der Waals surface area (Å²) in [5.74, 6) is 0.436. The minimum Gasteiger partial charge on any atom is -0.381 e. The van der Waals surface area contributed by atoms with Gasteiger partial charge in [-0.2, -0.15) is 0 Å². The first-order chi connectivity index (χ1) is 12.0. The zero-order valence-electron chi connectivity index (χ0n) is 14.7. The van der Waals surface area contributed by atoms with Gasteiger partial charge < -0.3 is 19.5 Å². The van der Waals surface area contributed by atoms with Crippen LogP contribution in [0.3, 0.4) is 0 Å². The summed E-state index contributed by atoms with van der Waals surface area (Å²) >= 11 is 0. The fourth-order valence-corrected chi connectivity index (χ4v) is 3.42. The predicted molar refractivity (Wildman–Crippen MR) is 96.3 cm³/mol. The van der Waals surface area contributed by atoms with Gasteiger partial charge in [0.15, 0.2) is 11.7 Å². The highest BCUT2D eigenvalue weighted by molar-refractivity contribution is 5.63. The Hall–Kier alpha value is -1.95. The smallest absolute Gasteiger partial charge is 0.197 e. The number of pyridine rings is 1. The van der Waals surface area contributed by atoms with Gasteiger partial charge in [-0.05, 0) is 38.2 Å². The van der Waals surface area contributed by atoms with Crippen LogP contribution in [0.4, 0.5) is 0 Å². The third kappa shape index (κ3) is 3.84. The summed E-state index contributed by atoms with van der Waals surface area (Å²) in [4.78, 5) is 12.7. The van der Waals surface area contributed by atoms with Gasteiger partial charge in [0.25, 0.3) is 0 Å². The quantitative estimate of drug-likeness (QED) is 0.838. The minimum absolute atomic E-state index is 0.0111. The molecule has 25 heavy (non-hydrogen) atoms. The molecule has 2 N–H and O–H groups in total. The van der Waals surface area contributed by atoms with Crippen LogP contribution < -0.4 is 5.43 Å². The van der Waals surface area contributed by atoms with Crippen LogP contribution in [0, 0.1) is 12.8 Å². The molecule has 134 valence electrons. The number of aryl methyl sites for hydroxylation is 1. The lowest BCUT2D eigenvalue weighted by atomic mass is 9.92. The Kier molecular flexibility index (Phi) is 5.37. The monoisotopic (exact) mass is 343 g/mol. The van der Waals surface area contributed by atoms with Crippen LogP contribution in [0.2, 0.25) is 0 Å². The van der Waals surface area contributed by atoms with E-state index in [-0.39, 0.29) is 17.0 Å². The van der Waals surface area contributed by atoms with Gasteiger partial charge in [-0.25, -0.2) is 0 Å². The highest BCUT2D eigenvalue weighted by Crippen LogP contribution is 2.29. The van der Waals surface area contributed by atoms with Crippen LogP contribution in [0.15, 0.2) is 41.5 Å². The summed E-state index contributed by atoms with van der Waals surface area (Å²) in [6, 6.07) is 7.82. The van der Waals surface area contributed by atoms with Crippen molar-refractivity contribution < 1.29 is 14.9 Å². The summed E-state index contributed by atoms with van der Waals surface area (Å²) in [7, 11) is 0. The fourth-order valence-electron chi connectivity index (χ4n) is 3.42. The Balaban J connectivity index is 2.06. The SMILES string of the molecule is Cc1ccc(-c2cn([C@@H](C)C3CCOCC3)cc(C(O)O)c2=O)cc1. The molecule has 2 heterocycles. The van der Waals surface area contributed by atoms with Gasteiger partial charge in [-0.15, -0.1) is 0 Å². The van der Waals surface area contributed by atoms with Crippen molar-refractivity contribution in [2.45, 2.75) is 39.0 Å². The van der Waals surface area contributed by atoms with Crippen LogP contribution in [0.1, 0.15) is 43.2 Å². The second kappa shape index (κ2) is 7.52. The van der Waals surface area contributed by atoms with E-state index < -0.39 is 6.29 Å². The fraction of sp³-hybridized carbons (Fsp3) is 0.450. The lowest BCUT2D eigenvalue weighted by molar-refractivity contribution is -0.0438. The molecule has 5 heteroatoms. The number of aliphatic hydroxyl groups excluding tert-OH is 1. The molecule has 2 aromatic rings. The van der Waals surface area contributed by atoms with E-state index in [0.717, 1.165) is 37.2 Å². The molecule has 1 aromatic heterocycles. The van der Waals surface area contributed by atoms with Gasteiger partial charge in [-0.1, -0.05) is 29.8 Å². The lowest BCUT2D eigenvalue weighted by Gasteiger charge is -2.30. The molecule has 1 saturated heterocycles. The zero-order chi connectivity index (χ0) is 18.0. The maximum Gasteiger partial charge on any atom is 0.197 e. The van der Waals surface area contributed by atoms with Crippen molar-refractivity contribution in [3.05, 3.63) is 58.0 Å². The number of rotatable bonds is 4. The van der Waals surface area contributed by atoms with Crippen molar-refractivity contribution in [1.82, 2.24) is 4.57 Å². The number of aliphatic hydroxyl groups is 2. The van der Waals surface area contributed by atoms with Crippen LogP contribution in [0.5, 0.6) is 0 Å². The van der Waals surface area contributed by atoms with E-state index in [1.165, 1.54) is 0 Å². The molecule has 0 spiro atoms. The average molecular weight is 343 g/mol. The lowest BCUT2D eigenvalue weighted by Crippen LogP contribution is -2.26. The molecule has 3 rings (SSSR count). The Morgan fingerprint density at radius 1 is 1.12 bits per heavy atom. The van der Waals surface area contributed by atoms with Gasteiger partial charge in [0, 0.05) is 37.2 Å². The second-order valence-corrected chi connectivity index (χ2v) is 6.83. The Morgan fingerprint density at radius 2 is 1.76 bits per heavy atom. The molecule has 1 fully saturated rings. The summed E-state index contributed by atoms with van der Waals surface area (Å²) in [6.07, 6.45) is 3.55. The molecule has 5 nitrogen and oxygen atoms in total. The highest BCUT2D eigenvalue weighted by Gasteiger charge is 2.23. The number of nitrogens with zero attached hydrogens (tertiary/aromatic N) is 1. The molecule has 1 aromatic carbocycles. The first-order valence-electron chi connectivity index (χ1n) is 8.74. The van der Waals surface area contributed by atoms with Crippen molar-refractivity contribution >= 4 is 0 Å². The molecule has 1 atom stereocenters. The number of hydrogen-bond donors (Lipinski definition) is 2. The number of ether oxygens (including phenoxy) is 1. The van der Waals surface area contributed by atoms with Gasteiger partial charge in [0.2, 0.25) is 0 Å². The van der Waals surface area contributed by atoms with Crippen molar-refractivity contribution in [2.75, 3.05) is 13.2 Å². The third-order valence-corrected chi connectivity index (χ3v) is 5.13. The minimum atomic E-state index is -1.79. The van der Waals surface area contributed by atoms with Gasteiger partial charge >= 0.3 is 0 Å². The first-order valence-corrected chi connectivity index (χ1v) is 8.74. The highest BCUT2D eigenvalue weighted by atomic mass is 16.5. The molecule has 1 aliphatic heterocycles. The molecule has 0 aliphatic carbocycles. The van der Waals surface area contributed by atoms with Crippen molar-refractivity contribution in [3.8, 4) is 11.1 Å². The average Bonchev–Trinajstić information content (AvgIpc) is 2.62. The van der Waals surface area contributed by atoms with E-state index in [2.05, 4.69) is 6.92 Å². The van der Waals surface area contributed by atoms with E-state index in [4.69, 9.17) is 4.74 Å². The summed E-state index contributed by atoms with van der Waals surface area (Å²) in [6.45, 7) is 5.58. The Labute approximate surface area is 147 Å². The Bertz CT molecular complexity index is 773. The van der Waals surface area contributed by atoms with Crippen LogP contribution >= 0.6 is 0 Å². The molecular formula is C20H25NO4. The second-order valence-electron chi connectivity index (χ2n) is 6.83. The molecule has 0 amide bonds. The molecule has 0 unspecified atom stereocenters. The van der Waals surface area contributed by atoms with Crippen LogP contribution in [0.25, 0.3) is 11.1 Å². The van der Waals surface area contributed by atoms with Gasteiger partial charge in [0.05, 0.1) is 5.56 Å². The van der Waals surface area contributed by atoms with Gasteiger partial charge in [0.1, 0.15) is 0 Å². The van der Waals surface area contributed by atoms with Crippen LogP contribution in [-0.4, -0.2) is 28.0 Å². The van der Waals surface area contributed by atoms with Crippen molar-refractivity contribution in [1.29, 1.82) is 0 Å².